The first-order valence-corrected chi connectivity index (χ1v) is 4.09. The monoisotopic (exact) mass is 157 g/mol. The second kappa shape index (κ2) is 3.22. The number of hydrogen-bond acceptors (Lipinski definition) is 2. The summed E-state index contributed by atoms with van der Waals surface area (Å²) in [6.07, 6.45) is 1.54. The van der Waals surface area contributed by atoms with E-state index in [2.05, 4.69) is 5.32 Å². The van der Waals surface area contributed by atoms with Gasteiger partial charge in [0.05, 0.1) is 0 Å². The third kappa shape index (κ3) is 2.50. The van der Waals surface area contributed by atoms with Gasteiger partial charge < -0.3 is 10.4 Å². The summed E-state index contributed by atoms with van der Waals surface area (Å²) < 4.78 is 0. The summed E-state index contributed by atoms with van der Waals surface area (Å²) in [5, 5.41) is 11.6. The molecule has 1 aliphatic carbocycles. The van der Waals surface area contributed by atoms with Gasteiger partial charge in [0.25, 0.3) is 0 Å². The van der Waals surface area contributed by atoms with Gasteiger partial charge in [0.15, 0.2) is 0 Å². The number of aliphatic hydroxyl groups is 1. The van der Waals surface area contributed by atoms with Crippen molar-refractivity contribution in [1.82, 2.24) is 5.32 Å². The molecule has 2 N–H and O–H groups in total. The Labute approximate surface area is 66.8 Å². The zero-order valence-electron chi connectivity index (χ0n) is 7.00. The third-order valence-electron chi connectivity index (χ3n) is 2.08. The molecule has 2 atom stereocenters. The molecule has 3 heteroatoms. The second-order valence-corrected chi connectivity index (χ2v) is 3.31. The molecule has 1 rings (SSSR count). The first-order valence-electron chi connectivity index (χ1n) is 4.09. The number of aliphatic hydroxyl groups excluding tert-OH is 1. The lowest BCUT2D eigenvalue weighted by molar-refractivity contribution is -0.129. The maximum Gasteiger partial charge on any atom is 0.248 e. The first kappa shape index (κ1) is 8.53. The number of amides is 1. The summed E-state index contributed by atoms with van der Waals surface area (Å²) in [5.74, 6) is 0.391. The molecule has 0 aromatic heterocycles. The van der Waals surface area contributed by atoms with Crippen LogP contribution in [-0.2, 0) is 4.79 Å². The summed E-state index contributed by atoms with van der Waals surface area (Å²) in [6, 6.07) is 0.233. The van der Waals surface area contributed by atoms with Gasteiger partial charge in [-0.25, -0.2) is 0 Å². The topological polar surface area (TPSA) is 49.3 Å². The van der Waals surface area contributed by atoms with Crippen LogP contribution < -0.4 is 5.32 Å². The van der Waals surface area contributed by atoms with Gasteiger partial charge in [-0.15, -0.1) is 0 Å². The normalized spacial score (nSPS) is 22.5. The zero-order chi connectivity index (χ0) is 8.43. The largest absolute Gasteiger partial charge is 0.384 e. The fourth-order valence-corrected chi connectivity index (χ4v) is 1.06. The van der Waals surface area contributed by atoms with Crippen molar-refractivity contribution in [1.29, 1.82) is 0 Å². The number of rotatable bonds is 3. The molecule has 3 nitrogen and oxygen atoms in total. The quantitative estimate of drug-likeness (QED) is 0.618. The van der Waals surface area contributed by atoms with Crippen LogP contribution in [0, 0.1) is 5.92 Å². The average Bonchev–Trinajstić information content (AvgIpc) is 2.67. The molecule has 1 aliphatic rings. The molecule has 0 heterocycles. The van der Waals surface area contributed by atoms with Gasteiger partial charge in [0.2, 0.25) is 5.91 Å². The van der Waals surface area contributed by atoms with Crippen LogP contribution in [0.1, 0.15) is 26.7 Å². The van der Waals surface area contributed by atoms with Crippen LogP contribution in [0.3, 0.4) is 0 Å². The molecule has 0 aromatic carbocycles. The van der Waals surface area contributed by atoms with Crippen LogP contribution in [0.15, 0.2) is 0 Å². The van der Waals surface area contributed by atoms with E-state index in [4.69, 9.17) is 5.11 Å². The number of nitrogens with one attached hydrogen (secondary N) is 1. The van der Waals surface area contributed by atoms with E-state index in [1.165, 1.54) is 19.8 Å². The highest BCUT2D eigenvalue weighted by Gasteiger charge is 2.29. The molecule has 1 unspecified atom stereocenters. The van der Waals surface area contributed by atoms with Crippen molar-refractivity contribution in [3.8, 4) is 0 Å². The van der Waals surface area contributed by atoms with E-state index in [1.54, 1.807) is 0 Å². The van der Waals surface area contributed by atoms with Crippen LogP contribution in [0.25, 0.3) is 0 Å². The maximum absolute atomic E-state index is 10.9. The molecule has 0 bridgehead atoms. The van der Waals surface area contributed by atoms with E-state index < -0.39 is 6.10 Å². The molecular formula is C8H15NO2. The second-order valence-electron chi connectivity index (χ2n) is 3.31. The van der Waals surface area contributed by atoms with Crippen LogP contribution >= 0.6 is 0 Å². The highest BCUT2D eigenvalue weighted by Crippen LogP contribution is 2.32. The van der Waals surface area contributed by atoms with E-state index in [1.807, 2.05) is 6.92 Å². The van der Waals surface area contributed by atoms with E-state index >= 15 is 0 Å². The van der Waals surface area contributed by atoms with Gasteiger partial charge >= 0.3 is 0 Å². The minimum absolute atomic E-state index is 0.233. The Hall–Kier alpha value is -0.570. The predicted octanol–water partition coefficient (Wildman–Crippen LogP) is 0.282. The molecule has 64 valence electrons. The molecule has 0 saturated heterocycles. The van der Waals surface area contributed by atoms with Crippen molar-refractivity contribution >= 4 is 5.91 Å². The summed E-state index contributed by atoms with van der Waals surface area (Å²) in [7, 11) is 0. The number of carbonyl (C=O) groups excluding carboxylic acids is 1. The first-order chi connectivity index (χ1) is 5.11. The van der Waals surface area contributed by atoms with E-state index in [-0.39, 0.29) is 11.9 Å². The van der Waals surface area contributed by atoms with Crippen molar-refractivity contribution in [2.75, 3.05) is 0 Å². The lowest BCUT2D eigenvalue weighted by Crippen LogP contribution is -2.39. The van der Waals surface area contributed by atoms with E-state index in [0.29, 0.717) is 5.92 Å². The van der Waals surface area contributed by atoms with E-state index in [9.17, 15) is 4.79 Å². The van der Waals surface area contributed by atoms with Crippen molar-refractivity contribution in [2.45, 2.75) is 38.8 Å². The van der Waals surface area contributed by atoms with Gasteiger partial charge in [0, 0.05) is 6.04 Å². The van der Waals surface area contributed by atoms with Gasteiger partial charge in [-0.05, 0) is 32.6 Å². The highest BCUT2D eigenvalue weighted by atomic mass is 16.3. The molecule has 11 heavy (non-hydrogen) atoms. The van der Waals surface area contributed by atoms with Crippen molar-refractivity contribution < 1.29 is 9.90 Å². The minimum atomic E-state index is -0.879. The predicted molar refractivity (Wildman–Crippen MR) is 42.0 cm³/mol. The fourth-order valence-electron chi connectivity index (χ4n) is 1.06. The Balaban J connectivity index is 2.23. The molecule has 0 spiro atoms. The van der Waals surface area contributed by atoms with Gasteiger partial charge in [0.1, 0.15) is 6.10 Å². The summed E-state index contributed by atoms with van der Waals surface area (Å²) >= 11 is 0. The molecule has 1 amide bonds. The Morgan fingerprint density at radius 3 is 2.45 bits per heavy atom. The third-order valence-corrected chi connectivity index (χ3v) is 2.08. The van der Waals surface area contributed by atoms with Crippen molar-refractivity contribution in [3.05, 3.63) is 0 Å². The molecule has 0 radical (unpaired) electrons. The van der Waals surface area contributed by atoms with Gasteiger partial charge in [-0.2, -0.15) is 0 Å². The maximum atomic E-state index is 10.9. The summed E-state index contributed by atoms with van der Waals surface area (Å²) in [5.41, 5.74) is 0. The highest BCUT2D eigenvalue weighted by molar-refractivity contribution is 5.80. The smallest absolute Gasteiger partial charge is 0.248 e. The Morgan fingerprint density at radius 1 is 1.55 bits per heavy atom. The standard InChI is InChI=1S/C8H15NO2/c1-5(7-3-4-7)9-8(11)6(2)10/h5-7,10H,3-4H2,1-2H3,(H,9,11)/t5?,6-/m1/s1. The molecule has 1 fully saturated rings. The average molecular weight is 157 g/mol. The zero-order valence-corrected chi connectivity index (χ0v) is 7.00. The number of carbonyl (C=O) groups is 1. The lowest BCUT2D eigenvalue weighted by Gasteiger charge is -2.13. The molecule has 1 saturated carbocycles. The molecule has 0 aliphatic heterocycles. The molecular weight excluding hydrogens is 142 g/mol. The van der Waals surface area contributed by atoms with Crippen LogP contribution in [-0.4, -0.2) is 23.2 Å². The van der Waals surface area contributed by atoms with Crippen molar-refractivity contribution in [2.24, 2.45) is 5.92 Å². The minimum Gasteiger partial charge on any atom is -0.384 e. The summed E-state index contributed by atoms with van der Waals surface area (Å²) in [6.45, 7) is 3.47. The van der Waals surface area contributed by atoms with Crippen LogP contribution in [0.5, 0.6) is 0 Å². The SMILES string of the molecule is CC(NC(=O)[C@@H](C)O)C1CC1. The Morgan fingerprint density at radius 2 is 2.09 bits per heavy atom. The Bertz CT molecular complexity index is 152. The van der Waals surface area contributed by atoms with Crippen LogP contribution in [0.4, 0.5) is 0 Å². The summed E-state index contributed by atoms with van der Waals surface area (Å²) in [4.78, 5) is 10.9. The van der Waals surface area contributed by atoms with Gasteiger partial charge in [-0.3, -0.25) is 4.79 Å². The fraction of sp³-hybridized carbons (Fsp3) is 0.875. The van der Waals surface area contributed by atoms with E-state index in [0.717, 1.165) is 0 Å². The number of hydrogen-bond donors (Lipinski definition) is 2. The Kier molecular flexibility index (Phi) is 2.49. The lowest BCUT2D eigenvalue weighted by atomic mass is 10.2. The van der Waals surface area contributed by atoms with Gasteiger partial charge in [-0.1, -0.05) is 0 Å². The molecule has 0 aromatic rings. The van der Waals surface area contributed by atoms with Crippen LogP contribution in [0.2, 0.25) is 0 Å². The van der Waals surface area contributed by atoms with Crippen molar-refractivity contribution in [3.63, 3.8) is 0 Å².